The Bertz CT molecular complexity index is 1210. The van der Waals surface area contributed by atoms with Crippen molar-refractivity contribution in [3.63, 3.8) is 0 Å². The molecular formula is C23H22F2N2O4S. The Labute approximate surface area is 185 Å². The normalized spacial score (nSPS) is 11.1. The number of halogens is 2. The lowest BCUT2D eigenvalue weighted by molar-refractivity contribution is 0.0772. The minimum absolute atomic E-state index is 0.0618. The zero-order valence-electron chi connectivity index (χ0n) is 17.5. The Balaban J connectivity index is 1.71. The molecule has 0 saturated heterocycles. The molecule has 3 rings (SSSR count). The maximum absolute atomic E-state index is 13.6. The number of carbonyl (C=O) groups excluding carboxylic acids is 1. The molecule has 0 spiro atoms. The second-order valence-corrected chi connectivity index (χ2v) is 8.78. The van der Waals surface area contributed by atoms with Crippen molar-refractivity contribution < 1.29 is 26.7 Å². The summed E-state index contributed by atoms with van der Waals surface area (Å²) >= 11 is 0. The van der Waals surface area contributed by atoms with Crippen molar-refractivity contribution in [3.05, 3.63) is 89.5 Å². The Morgan fingerprint density at radius 1 is 1.03 bits per heavy atom. The highest BCUT2D eigenvalue weighted by Crippen LogP contribution is 2.21. The number of rotatable bonds is 8. The molecule has 3 aromatic rings. The first-order valence-corrected chi connectivity index (χ1v) is 11.2. The molecule has 0 aliphatic rings. The van der Waals surface area contributed by atoms with Gasteiger partial charge in [-0.15, -0.1) is 0 Å². The molecular weight excluding hydrogens is 438 g/mol. The summed E-state index contributed by atoms with van der Waals surface area (Å²) in [4.78, 5) is 14.2. The van der Waals surface area contributed by atoms with E-state index in [0.717, 1.165) is 12.1 Å². The van der Waals surface area contributed by atoms with E-state index < -0.39 is 27.6 Å². The highest BCUT2D eigenvalue weighted by Gasteiger charge is 2.20. The largest absolute Gasteiger partial charge is 0.489 e. The van der Waals surface area contributed by atoms with Crippen LogP contribution >= 0.6 is 0 Å². The molecule has 168 valence electrons. The fraction of sp³-hybridized carbons (Fsp3) is 0.174. The van der Waals surface area contributed by atoms with Gasteiger partial charge >= 0.3 is 0 Å². The molecule has 0 unspecified atom stereocenters. The fourth-order valence-electron chi connectivity index (χ4n) is 2.89. The maximum atomic E-state index is 13.6. The Kier molecular flexibility index (Phi) is 7.09. The van der Waals surface area contributed by atoms with Crippen LogP contribution in [0.15, 0.2) is 71.6 Å². The summed E-state index contributed by atoms with van der Waals surface area (Å²) in [6.45, 7) is 1.92. The molecule has 0 saturated carbocycles. The number of benzene rings is 3. The van der Waals surface area contributed by atoms with E-state index in [2.05, 4.69) is 4.72 Å². The molecule has 0 aromatic heterocycles. The van der Waals surface area contributed by atoms with Crippen LogP contribution in [0, 0.1) is 18.6 Å². The molecule has 32 heavy (non-hydrogen) atoms. The van der Waals surface area contributed by atoms with Crippen LogP contribution in [0.4, 0.5) is 14.5 Å². The minimum Gasteiger partial charge on any atom is -0.489 e. The average molecular weight is 461 g/mol. The van der Waals surface area contributed by atoms with E-state index >= 15 is 0 Å². The number of ether oxygens (including phenoxy) is 1. The van der Waals surface area contributed by atoms with Gasteiger partial charge < -0.3 is 9.64 Å². The lowest BCUT2D eigenvalue weighted by atomic mass is 10.1. The van der Waals surface area contributed by atoms with Crippen molar-refractivity contribution >= 4 is 21.6 Å². The van der Waals surface area contributed by atoms with E-state index in [1.807, 2.05) is 0 Å². The first-order valence-electron chi connectivity index (χ1n) is 9.69. The van der Waals surface area contributed by atoms with Crippen LogP contribution in [0.2, 0.25) is 0 Å². The molecule has 9 heteroatoms. The van der Waals surface area contributed by atoms with Gasteiger partial charge in [0.1, 0.15) is 12.4 Å². The SMILES string of the molecule is Cc1ccc(S(=O)(=O)Nc2ccc(F)cc2)cc1C(=O)N(C)CCOc1ccccc1F. The Hall–Kier alpha value is -3.46. The second-order valence-electron chi connectivity index (χ2n) is 7.09. The highest BCUT2D eigenvalue weighted by atomic mass is 32.2. The van der Waals surface area contributed by atoms with Gasteiger partial charge in [0.15, 0.2) is 11.6 Å². The molecule has 0 bridgehead atoms. The van der Waals surface area contributed by atoms with Crippen molar-refractivity contribution in [2.45, 2.75) is 11.8 Å². The lowest BCUT2D eigenvalue weighted by Gasteiger charge is -2.19. The number of para-hydroxylation sites is 1. The van der Waals surface area contributed by atoms with Crippen LogP contribution in [-0.2, 0) is 10.0 Å². The van der Waals surface area contributed by atoms with Crippen LogP contribution in [0.1, 0.15) is 15.9 Å². The molecule has 0 aliphatic carbocycles. The number of aryl methyl sites for hydroxylation is 1. The summed E-state index contributed by atoms with van der Waals surface area (Å²) in [5.41, 5.74) is 1.00. The van der Waals surface area contributed by atoms with Gasteiger partial charge in [0.2, 0.25) is 0 Å². The summed E-state index contributed by atoms with van der Waals surface area (Å²) in [6.07, 6.45) is 0. The Morgan fingerprint density at radius 2 is 1.72 bits per heavy atom. The monoisotopic (exact) mass is 460 g/mol. The first kappa shape index (κ1) is 23.2. The summed E-state index contributed by atoms with van der Waals surface area (Å²) in [5, 5.41) is 0. The van der Waals surface area contributed by atoms with Gasteiger partial charge in [-0.2, -0.15) is 0 Å². The average Bonchev–Trinajstić information content (AvgIpc) is 2.76. The smallest absolute Gasteiger partial charge is 0.261 e. The molecule has 0 heterocycles. The van der Waals surface area contributed by atoms with Gasteiger partial charge in [-0.3, -0.25) is 9.52 Å². The number of sulfonamides is 1. The third-order valence-electron chi connectivity index (χ3n) is 4.71. The van der Waals surface area contributed by atoms with Gasteiger partial charge in [-0.1, -0.05) is 18.2 Å². The van der Waals surface area contributed by atoms with Gasteiger partial charge in [0, 0.05) is 18.3 Å². The molecule has 1 amide bonds. The quantitative estimate of drug-likeness (QED) is 0.546. The second kappa shape index (κ2) is 9.78. The minimum atomic E-state index is -3.99. The third-order valence-corrected chi connectivity index (χ3v) is 6.09. The number of nitrogens with one attached hydrogen (secondary N) is 1. The zero-order chi connectivity index (χ0) is 23.3. The summed E-state index contributed by atoms with van der Waals surface area (Å²) in [5.74, 6) is -1.30. The number of hydrogen-bond acceptors (Lipinski definition) is 4. The maximum Gasteiger partial charge on any atom is 0.261 e. The van der Waals surface area contributed by atoms with Crippen molar-refractivity contribution in [1.29, 1.82) is 0 Å². The van der Waals surface area contributed by atoms with Gasteiger partial charge in [0.25, 0.3) is 15.9 Å². The molecule has 1 N–H and O–H groups in total. The molecule has 6 nitrogen and oxygen atoms in total. The van der Waals surface area contributed by atoms with Crippen LogP contribution in [0.3, 0.4) is 0 Å². The van der Waals surface area contributed by atoms with Gasteiger partial charge in [-0.05, 0) is 61.0 Å². The third kappa shape index (κ3) is 5.61. The first-order chi connectivity index (χ1) is 15.2. The van der Waals surface area contributed by atoms with Crippen molar-refractivity contribution in [2.75, 3.05) is 24.9 Å². The number of hydrogen-bond donors (Lipinski definition) is 1. The van der Waals surface area contributed by atoms with E-state index in [4.69, 9.17) is 4.74 Å². The van der Waals surface area contributed by atoms with Crippen molar-refractivity contribution in [2.24, 2.45) is 0 Å². The molecule has 0 atom stereocenters. The predicted molar refractivity (Wildman–Crippen MR) is 117 cm³/mol. The van der Waals surface area contributed by atoms with E-state index in [-0.39, 0.29) is 35.0 Å². The summed E-state index contributed by atoms with van der Waals surface area (Å²) in [7, 11) is -2.45. The lowest BCUT2D eigenvalue weighted by Crippen LogP contribution is -2.31. The van der Waals surface area contributed by atoms with E-state index in [1.54, 1.807) is 26.1 Å². The zero-order valence-corrected chi connectivity index (χ0v) is 18.3. The molecule has 0 aliphatic heterocycles. The van der Waals surface area contributed by atoms with Crippen LogP contribution in [0.25, 0.3) is 0 Å². The molecule has 3 aromatic carbocycles. The predicted octanol–water partition coefficient (Wildman–Crippen LogP) is 4.23. The Morgan fingerprint density at radius 3 is 2.41 bits per heavy atom. The molecule has 0 radical (unpaired) electrons. The summed E-state index contributed by atoms with van der Waals surface area (Å²) < 4.78 is 59.9. The molecule has 0 fully saturated rings. The number of anilines is 1. The summed E-state index contributed by atoms with van der Waals surface area (Å²) in [6, 6.07) is 15.1. The van der Waals surface area contributed by atoms with Crippen LogP contribution < -0.4 is 9.46 Å². The fourth-order valence-corrected chi connectivity index (χ4v) is 3.98. The van der Waals surface area contributed by atoms with Crippen molar-refractivity contribution in [3.8, 4) is 5.75 Å². The standard InChI is InChI=1S/C23H22F2N2O4S/c1-16-7-12-19(32(29,30)26-18-10-8-17(24)9-11-18)15-20(16)23(28)27(2)13-14-31-22-6-4-3-5-21(22)25/h3-12,15,26H,13-14H2,1-2H3. The topological polar surface area (TPSA) is 75.7 Å². The van der Waals surface area contributed by atoms with E-state index in [9.17, 15) is 22.0 Å². The highest BCUT2D eigenvalue weighted by molar-refractivity contribution is 7.92. The number of amides is 1. The van der Waals surface area contributed by atoms with Gasteiger partial charge in [0.05, 0.1) is 11.4 Å². The van der Waals surface area contributed by atoms with Crippen molar-refractivity contribution in [1.82, 2.24) is 4.90 Å². The number of nitrogens with zero attached hydrogens (tertiary/aromatic N) is 1. The van der Waals surface area contributed by atoms with Crippen LogP contribution in [0.5, 0.6) is 5.75 Å². The van der Waals surface area contributed by atoms with Gasteiger partial charge in [-0.25, -0.2) is 17.2 Å². The number of carbonyl (C=O) groups is 1. The number of likely N-dealkylation sites (N-methyl/N-ethyl adjacent to an activating group) is 1. The van der Waals surface area contributed by atoms with E-state index in [1.165, 1.54) is 47.4 Å². The van der Waals surface area contributed by atoms with E-state index in [0.29, 0.717) is 5.56 Å². The van der Waals surface area contributed by atoms with Crippen LogP contribution in [-0.4, -0.2) is 39.4 Å².